The number of alkyl halides is 1. The predicted molar refractivity (Wildman–Crippen MR) is 93.6 cm³/mol. The molecule has 1 saturated heterocycles. The Kier molecular flexibility index (Phi) is 4.04. The molecule has 2 aliphatic rings. The fourth-order valence-corrected chi connectivity index (χ4v) is 4.55. The molecule has 1 aromatic carbocycles. The van der Waals surface area contributed by atoms with Crippen molar-refractivity contribution in [1.29, 1.82) is 0 Å². The molecule has 120 valence electrons. The zero-order valence-electron chi connectivity index (χ0n) is 13.3. The van der Waals surface area contributed by atoms with Crippen LogP contribution in [0.5, 0.6) is 0 Å². The van der Waals surface area contributed by atoms with Gasteiger partial charge in [0.25, 0.3) is 0 Å². The number of likely N-dealkylation sites (tertiary alicyclic amines) is 1. The number of thiazole rings is 1. The van der Waals surface area contributed by atoms with Gasteiger partial charge in [-0.05, 0) is 17.5 Å². The van der Waals surface area contributed by atoms with Gasteiger partial charge >= 0.3 is 0 Å². The van der Waals surface area contributed by atoms with Crippen LogP contribution in [0.4, 0.5) is 4.39 Å². The van der Waals surface area contributed by atoms with Crippen LogP contribution in [0.3, 0.4) is 0 Å². The fraction of sp³-hybridized carbons (Fsp3) is 0.421. The molecule has 1 fully saturated rings. The average molecular weight is 328 g/mol. The molecule has 0 bridgehead atoms. The third-order valence-electron chi connectivity index (χ3n) is 5.04. The summed E-state index contributed by atoms with van der Waals surface area (Å²) in [5.74, 6) is 0.787. The standard InChI is InChI=1S/C19H21FN2S/c1-13(19-21-7-9-23-19)18-15(6-8-22-11-16(20)12-22)10-14-4-2-3-5-17(14)18/h2-5,7,9-10,13,16,18H,6,8,11-12H2,1H3. The first-order valence-corrected chi connectivity index (χ1v) is 9.15. The minimum atomic E-state index is -0.616. The normalized spacial score (nSPS) is 22.5. The van der Waals surface area contributed by atoms with Gasteiger partial charge in [-0.3, -0.25) is 4.90 Å². The topological polar surface area (TPSA) is 16.1 Å². The number of nitrogens with zero attached hydrogens (tertiary/aromatic N) is 2. The SMILES string of the molecule is CC(c1nccs1)C1C(CCN2CC(F)C2)=Cc2ccccc21. The summed E-state index contributed by atoms with van der Waals surface area (Å²) in [4.78, 5) is 6.74. The van der Waals surface area contributed by atoms with Crippen LogP contribution in [0, 0.1) is 0 Å². The monoisotopic (exact) mass is 328 g/mol. The average Bonchev–Trinajstić information content (AvgIpc) is 3.17. The van der Waals surface area contributed by atoms with Crippen molar-refractivity contribution in [3.8, 4) is 0 Å². The van der Waals surface area contributed by atoms with Gasteiger partial charge in [0.1, 0.15) is 6.17 Å². The van der Waals surface area contributed by atoms with Crippen LogP contribution >= 0.6 is 11.3 Å². The van der Waals surface area contributed by atoms with Gasteiger partial charge in [0.2, 0.25) is 0 Å². The molecular weight excluding hydrogens is 307 g/mol. The molecule has 2 nitrogen and oxygen atoms in total. The van der Waals surface area contributed by atoms with Crippen LogP contribution in [0.2, 0.25) is 0 Å². The van der Waals surface area contributed by atoms with E-state index in [1.807, 2.05) is 6.20 Å². The summed E-state index contributed by atoms with van der Waals surface area (Å²) < 4.78 is 13.0. The first-order chi connectivity index (χ1) is 11.2. The Balaban J connectivity index is 1.56. The van der Waals surface area contributed by atoms with Gasteiger partial charge in [0, 0.05) is 43.0 Å². The summed E-state index contributed by atoms with van der Waals surface area (Å²) in [5, 5.41) is 3.25. The van der Waals surface area contributed by atoms with E-state index in [0.717, 1.165) is 13.0 Å². The Hall–Kier alpha value is -1.52. The summed E-state index contributed by atoms with van der Waals surface area (Å²) in [7, 11) is 0. The van der Waals surface area contributed by atoms with Gasteiger partial charge in [-0.25, -0.2) is 9.37 Å². The van der Waals surface area contributed by atoms with Crippen LogP contribution in [0.1, 0.15) is 41.3 Å². The van der Waals surface area contributed by atoms with Gasteiger partial charge in [-0.15, -0.1) is 11.3 Å². The maximum atomic E-state index is 13.0. The highest BCUT2D eigenvalue weighted by molar-refractivity contribution is 7.09. The number of rotatable bonds is 5. The second-order valence-corrected chi connectivity index (χ2v) is 7.52. The molecule has 2 heterocycles. The quantitative estimate of drug-likeness (QED) is 0.805. The van der Waals surface area contributed by atoms with Gasteiger partial charge in [-0.1, -0.05) is 42.8 Å². The maximum Gasteiger partial charge on any atom is 0.125 e. The van der Waals surface area contributed by atoms with Crippen LogP contribution in [0.15, 0.2) is 41.4 Å². The second kappa shape index (κ2) is 6.17. The lowest BCUT2D eigenvalue weighted by atomic mass is 9.83. The summed E-state index contributed by atoms with van der Waals surface area (Å²) >= 11 is 1.74. The van der Waals surface area contributed by atoms with Crippen LogP contribution in [0.25, 0.3) is 6.08 Å². The van der Waals surface area contributed by atoms with E-state index in [-0.39, 0.29) is 0 Å². The Morgan fingerprint density at radius 1 is 1.35 bits per heavy atom. The number of hydrogen-bond donors (Lipinski definition) is 0. The Labute approximate surface area is 140 Å². The molecule has 1 aromatic heterocycles. The molecule has 2 atom stereocenters. The van der Waals surface area contributed by atoms with E-state index in [1.54, 1.807) is 11.3 Å². The summed E-state index contributed by atoms with van der Waals surface area (Å²) in [6.45, 7) is 4.45. The molecule has 0 N–H and O–H groups in total. The molecule has 4 heteroatoms. The van der Waals surface area contributed by atoms with Crippen molar-refractivity contribution < 1.29 is 4.39 Å². The van der Waals surface area contributed by atoms with Crippen molar-refractivity contribution in [2.24, 2.45) is 0 Å². The molecular formula is C19H21FN2S. The van der Waals surface area contributed by atoms with Crippen LogP contribution in [-0.4, -0.2) is 35.7 Å². The van der Waals surface area contributed by atoms with E-state index in [9.17, 15) is 4.39 Å². The molecule has 0 amide bonds. The van der Waals surface area contributed by atoms with Gasteiger partial charge in [0.05, 0.1) is 5.01 Å². The van der Waals surface area contributed by atoms with Crippen LogP contribution < -0.4 is 0 Å². The summed E-state index contributed by atoms with van der Waals surface area (Å²) in [6.07, 6.45) is 4.63. The van der Waals surface area contributed by atoms with E-state index in [1.165, 1.54) is 21.7 Å². The molecule has 2 aromatic rings. The van der Waals surface area contributed by atoms with Crippen LogP contribution in [-0.2, 0) is 0 Å². The lowest BCUT2D eigenvalue weighted by molar-refractivity contribution is 0.0667. The molecule has 0 radical (unpaired) electrons. The highest BCUT2D eigenvalue weighted by Gasteiger charge is 2.33. The van der Waals surface area contributed by atoms with Crippen molar-refractivity contribution in [3.05, 3.63) is 57.6 Å². The van der Waals surface area contributed by atoms with Gasteiger partial charge in [0.15, 0.2) is 0 Å². The first kappa shape index (κ1) is 15.0. The zero-order chi connectivity index (χ0) is 15.8. The number of fused-ring (bicyclic) bond motifs is 1. The van der Waals surface area contributed by atoms with Gasteiger partial charge < -0.3 is 0 Å². The molecule has 23 heavy (non-hydrogen) atoms. The van der Waals surface area contributed by atoms with E-state index >= 15 is 0 Å². The van der Waals surface area contributed by atoms with Crippen molar-refractivity contribution in [1.82, 2.24) is 9.88 Å². The first-order valence-electron chi connectivity index (χ1n) is 8.27. The smallest absolute Gasteiger partial charge is 0.125 e. The predicted octanol–water partition coefficient (Wildman–Crippen LogP) is 4.47. The third-order valence-corrected chi connectivity index (χ3v) is 6.02. The summed E-state index contributed by atoms with van der Waals surface area (Å²) in [6, 6.07) is 8.67. The maximum absolute atomic E-state index is 13.0. The van der Waals surface area contributed by atoms with Gasteiger partial charge in [-0.2, -0.15) is 0 Å². The Morgan fingerprint density at radius 2 is 2.17 bits per heavy atom. The van der Waals surface area contributed by atoms with Crippen molar-refractivity contribution in [2.45, 2.75) is 31.4 Å². The van der Waals surface area contributed by atoms with E-state index < -0.39 is 6.17 Å². The number of hydrogen-bond acceptors (Lipinski definition) is 3. The van der Waals surface area contributed by atoms with Crippen molar-refractivity contribution in [3.63, 3.8) is 0 Å². The zero-order valence-corrected chi connectivity index (χ0v) is 14.1. The van der Waals surface area contributed by atoms with E-state index in [4.69, 9.17) is 0 Å². The molecule has 0 saturated carbocycles. The lowest BCUT2D eigenvalue weighted by Crippen LogP contribution is -2.48. The molecule has 0 spiro atoms. The van der Waals surface area contributed by atoms with E-state index in [0.29, 0.717) is 24.9 Å². The largest absolute Gasteiger partial charge is 0.297 e. The molecule has 2 unspecified atom stereocenters. The minimum absolute atomic E-state index is 0.384. The minimum Gasteiger partial charge on any atom is -0.297 e. The molecule has 1 aliphatic heterocycles. The molecule has 4 rings (SSSR count). The highest BCUT2D eigenvalue weighted by atomic mass is 32.1. The highest BCUT2D eigenvalue weighted by Crippen LogP contribution is 2.46. The third kappa shape index (κ3) is 2.86. The lowest BCUT2D eigenvalue weighted by Gasteiger charge is -2.35. The Bertz CT molecular complexity index is 704. The number of aromatic nitrogens is 1. The number of benzene rings is 1. The van der Waals surface area contributed by atoms with Crippen molar-refractivity contribution >= 4 is 17.4 Å². The second-order valence-electron chi connectivity index (χ2n) is 6.59. The van der Waals surface area contributed by atoms with Crippen molar-refractivity contribution in [2.75, 3.05) is 19.6 Å². The van der Waals surface area contributed by atoms with E-state index in [2.05, 4.69) is 52.5 Å². The molecule has 1 aliphatic carbocycles. The fourth-order valence-electron chi connectivity index (χ4n) is 3.81. The number of halogens is 1. The Morgan fingerprint density at radius 3 is 2.91 bits per heavy atom. The summed E-state index contributed by atoms with van der Waals surface area (Å²) in [5.41, 5.74) is 4.22.